The minimum Gasteiger partial charge on any atom is -0.277 e. The van der Waals surface area contributed by atoms with Crippen molar-refractivity contribution in [1.82, 2.24) is 4.98 Å². The molecule has 4 nitrogen and oxygen atoms in total. The Balaban J connectivity index is 2.40. The van der Waals surface area contributed by atoms with E-state index >= 15 is 0 Å². The molecule has 0 atom stereocenters. The van der Waals surface area contributed by atoms with Crippen LogP contribution in [0.3, 0.4) is 0 Å². The lowest BCUT2D eigenvalue weighted by atomic mass is 10.3. The first-order valence-corrected chi connectivity index (χ1v) is 7.92. The number of anilines is 1. The third kappa shape index (κ3) is 3.34. The molecule has 0 bridgehead atoms. The molecule has 0 fully saturated rings. The SMILES string of the molecule is O=S(=O)(Nc1ccc(Cl)cc1I)c1ncccc1F. The van der Waals surface area contributed by atoms with Crippen molar-refractivity contribution >= 4 is 49.9 Å². The molecule has 8 heteroatoms. The maximum Gasteiger partial charge on any atom is 0.282 e. The van der Waals surface area contributed by atoms with Crippen molar-refractivity contribution in [2.45, 2.75) is 5.03 Å². The summed E-state index contributed by atoms with van der Waals surface area (Å²) in [6.45, 7) is 0. The van der Waals surface area contributed by atoms with Crippen LogP contribution in [0.1, 0.15) is 0 Å². The smallest absolute Gasteiger partial charge is 0.277 e. The number of sulfonamides is 1. The molecule has 2 rings (SSSR count). The molecule has 0 saturated carbocycles. The molecular formula is C11H7ClFIN2O2S. The van der Waals surface area contributed by atoms with E-state index in [1.165, 1.54) is 24.4 Å². The zero-order valence-corrected chi connectivity index (χ0v) is 13.0. The van der Waals surface area contributed by atoms with E-state index in [-0.39, 0.29) is 0 Å². The van der Waals surface area contributed by atoms with Crippen LogP contribution in [0, 0.1) is 9.39 Å². The molecule has 0 aliphatic carbocycles. The lowest BCUT2D eigenvalue weighted by molar-refractivity contribution is 0.557. The first-order valence-electron chi connectivity index (χ1n) is 4.98. The first-order chi connectivity index (χ1) is 8.90. The summed E-state index contributed by atoms with van der Waals surface area (Å²) in [4.78, 5) is 3.54. The van der Waals surface area contributed by atoms with Crippen molar-refractivity contribution in [3.63, 3.8) is 0 Å². The van der Waals surface area contributed by atoms with Crippen LogP contribution >= 0.6 is 34.2 Å². The molecule has 1 aromatic heterocycles. The molecule has 0 saturated heterocycles. The van der Waals surface area contributed by atoms with Gasteiger partial charge in [-0.05, 0) is 52.9 Å². The number of hydrogen-bond acceptors (Lipinski definition) is 3. The highest BCUT2D eigenvalue weighted by Crippen LogP contribution is 2.24. The van der Waals surface area contributed by atoms with Crippen molar-refractivity contribution in [3.05, 3.63) is 50.9 Å². The summed E-state index contributed by atoms with van der Waals surface area (Å²) in [5.41, 5.74) is 0.315. The summed E-state index contributed by atoms with van der Waals surface area (Å²) in [5, 5.41) is -0.155. The van der Waals surface area contributed by atoms with Gasteiger partial charge in [0.25, 0.3) is 10.0 Å². The minimum atomic E-state index is -4.06. The number of nitrogens with zero attached hydrogens (tertiary/aromatic N) is 1. The van der Waals surface area contributed by atoms with E-state index in [0.717, 1.165) is 6.07 Å². The van der Waals surface area contributed by atoms with E-state index in [0.29, 0.717) is 14.3 Å². The van der Waals surface area contributed by atoms with Crippen LogP contribution in [0.15, 0.2) is 41.6 Å². The van der Waals surface area contributed by atoms with E-state index in [2.05, 4.69) is 9.71 Å². The lowest BCUT2D eigenvalue weighted by Crippen LogP contribution is -2.16. The second-order valence-corrected chi connectivity index (χ2v) is 6.72. The highest BCUT2D eigenvalue weighted by molar-refractivity contribution is 14.1. The number of halogens is 3. The quantitative estimate of drug-likeness (QED) is 0.787. The molecule has 0 spiro atoms. The summed E-state index contributed by atoms with van der Waals surface area (Å²) in [6, 6.07) is 6.99. The maximum atomic E-state index is 13.4. The topological polar surface area (TPSA) is 59.1 Å². The van der Waals surface area contributed by atoms with Crippen LogP contribution in [0.4, 0.5) is 10.1 Å². The molecule has 0 aliphatic rings. The van der Waals surface area contributed by atoms with Crippen LogP contribution in [0.2, 0.25) is 5.02 Å². The molecule has 19 heavy (non-hydrogen) atoms. The maximum absolute atomic E-state index is 13.4. The van der Waals surface area contributed by atoms with E-state index in [4.69, 9.17) is 11.6 Å². The third-order valence-electron chi connectivity index (χ3n) is 2.15. The van der Waals surface area contributed by atoms with Crippen molar-refractivity contribution in [1.29, 1.82) is 0 Å². The Bertz CT molecular complexity index is 724. The molecule has 100 valence electrons. The lowest BCUT2D eigenvalue weighted by Gasteiger charge is -2.09. The van der Waals surface area contributed by atoms with Gasteiger partial charge in [0.2, 0.25) is 5.03 Å². The van der Waals surface area contributed by atoms with Gasteiger partial charge in [-0.25, -0.2) is 9.37 Å². The molecule has 1 aromatic carbocycles. The summed E-state index contributed by atoms with van der Waals surface area (Å²) >= 11 is 7.70. The molecule has 0 aliphatic heterocycles. The normalized spacial score (nSPS) is 11.3. The minimum absolute atomic E-state index is 0.315. The molecule has 1 N–H and O–H groups in total. The van der Waals surface area contributed by atoms with Gasteiger partial charge in [-0.1, -0.05) is 11.6 Å². The number of hydrogen-bond donors (Lipinski definition) is 1. The van der Waals surface area contributed by atoms with E-state index in [9.17, 15) is 12.8 Å². The number of rotatable bonds is 3. The van der Waals surface area contributed by atoms with Crippen LogP contribution < -0.4 is 4.72 Å². The van der Waals surface area contributed by atoms with Gasteiger partial charge in [0, 0.05) is 14.8 Å². The van der Waals surface area contributed by atoms with Gasteiger partial charge in [-0.15, -0.1) is 0 Å². The molecule has 0 radical (unpaired) electrons. The Morgan fingerprint density at radius 1 is 1.32 bits per heavy atom. The monoisotopic (exact) mass is 412 g/mol. The number of benzene rings is 1. The van der Waals surface area contributed by atoms with Crippen molar-refractivity contribution in [2.24, 2.45) is 0 Å². The standard InChI is InChI=1S/C11H7ClFIN2O2S/c12-7-3-4-10(9(14)6-7)16-19(17,18)11-8(13)2-1-5-15-11/h1-6,16H. The van der Waals surface area contributed by atoms with Gasteiger partial charge < -0.3 is 0 Å². The van der Waals surface area contributed by atoms with Gasteiger partial charge in [0.1, 0.15) is 0 Å². The summed E-state index contributed by atoms with van der Waals surface area (Å²) in [6.07, 6.45) is 1.21. The Kier molecular flexibility index (Phi) is 4.26. The predicted molar refractivity (Wildman–Crippen MR) is 79.2 cm³/mol. The zero-order valence-electron chi connectivity index (χ0n) is 9.27. The largest absolute Gasteiger partial charge is 0.282 e. The van der Waals surface area contributed by atoms with Crippen molar-refractivity contribution in [2.75, 3.05) is 4.72 Å². The van der Waals surface area contributed by atoms with Crippen LogP contribution in [0.5, 0.6) is 0 Å². The first kappa shape index (κ1) is 14.5. The average Bonchev–Trinajstić information content (AvgIpc) is 2.33. The van der Waals surface area contributed by atoms with Gasteiger partial charge in [0.05, 0.1) is 5.69 Å². The zero-order chi connectivity index (χ0) is 14.0. The second kappa shape index (κ2) is 5.59. The fourth-order valence-electron chi connectivity index (χ4n) is 1.33. The van der Waals surface area contributed by atoms with E-state index < -0.39 is 20.9 Å². The van der Waals surface area contributed by atoms with E-state index in [1.807, 2.05) is 22.6 Å². The van der Waals surface area contributed by atoms with Crippen LogP contribution in [0.25, 0.3) is 0 Å². The van der Waals surface area contributed by atoms with Gasteiger partial charge >= 0.3 is 0 Å². The number of nitrogens with one attached hydrogen (secondary N) is 1. The van der Waals surface area contributed by atoms with Crippen molar-refractivity contribution < 1.29 is 12.8 Å². The second-order valence-electron chi connectivity index (χ2n) is 3.52. The highest BCUT2D eigenvalue weighted by Gasteiger charge is 2.21. The Morgan fingerprint density at radius 3 is 2.68 bits per heavy atom. The molecular weight excluding hydrogens is 406 g/mol. The van der Waals surface area contributed by atoms with Gasteiger partial charge in [-0.3, -0.25) is 4.72 Å². The fraction of sp³-hybridized carbons (Fsp3) is 0. The predicted octanol–water partition coefficient (Wildman–Crippen LogP) is 3.28. The summed E-state index contributed by atoms with van der Waals surface area (Å²) in [7, 11) is -4.06. The molecule has 0 amide bonds. The molecule has 0 unspecified atom stereocenters. The van der Waals surface area contributed by atoms with Crippen molar-refractivity contribution in [3.8, 4) is 0 Å². The number of pyridine rings is 1. The summed E-state index contributed by atoms with van der Waals surface area (Å²) < 4.78 is 40.3. The fourth-order valence-corrected chi connectivity index (χ4v) is 3.61. The molecule has 1 heterocycles. The Morgan fingerprint density at radius 2 is 2.05 bits per heavy atom. The van der Waals surface area contributed by atoms with Crippen LogP contribution in [-0.2, 0) is 10.0 Å². The third-order valence-corrected chi connectivity index (χ3v) is 4.58. The number of aromatic nitrogens is 1. The Hall–Kier alpha value is -0.930. The summed E-state index contributed by atoms with van der Waals surface area (Å²) in [5.74, 6) is -0.904. The Labute approximate surface area is 128 Å². The highest BCUT2D eigenvalue weighted by atomic mass is 127. The average molecular weight is 413 g/mol. The molecule has 2 aromatic rings. The van der Waals surface area contributed by atoms with Gasteiger partial charge in [-0.2, -0.15) is 8.42 Å². The van der Waals surface area contributed by atoms with Crippen LogP contribution in [-0.4, -0.2) is 13.4 Å². The van der Waals surface area contributed by atoms with Gasteiger partial charge in [0.15, 0.2) is 5.82 Å². The van der Waals surface area contributed by atoms with E-state index in [1.54, 1.807) is 6.07 Å².